The van der Waals surface area contributed by atoms with E-state index >= 15 is 0 Å². The number of ether oxygens (including phenoxy) is 1. The lowest BCUT2D eigenvalue weighted by molar-refractivity contribution is 0.208. The van der Waals surface area contributed by atoms with E-state index in [2.05, 4.69) is 10.3 Å². The zero-order valence-corrected chi connectivity index (χ0v) is 13.8. The molecular weight excluding hydrogens is 312 g/mol. The molecule has 1 saturated heterocycles. The molecule has 3 N–H and O–H groups in total. The van der Waals surface area contributed by atoms with Crippen LogP contribution in [0.5, 0.6) is 5.75 Å². The Hall–Kier alpha value is -2.12. The van der Waals surface area contributed by atoms with Crippen LogP contribution in [0.4, 0.5) is 4.79 Å². The predicted molar refractivity (Wildman–Crippen MR) is 90.5 cm³/mol. The van der Waals surface area contributed by atoms with Crippen LogP contribution in [0.2, 0.25) is 0 Å². The third kappa shape index (κ3) is 3.62. The normalized spacial score (nSPS) is 17.3. The van der Waals surface area contributed by atoms with Crippen LogP contribution in [0.3, 0.4) is 0 Å². The fraction of sp³-hybridized carbons (Fsp3) is 0.375. The van der Waals surface area contributed by atoms with Gasteiger partial charge in [0.2, 0.25) is 0 Å². The smallest absolute Gasteiger partial charge is 0.317 e. The average molecular weight is 332 g/mol. The van der Waals surface area contributed by atoms with E-state index in [9.17, 15) is 4.79 Å². The van der Waals surface area contributed by atoms with E-state index < -0.39 is 0 Å². The van der Waals surface area contributed by atoms with Crippen molar-refractivity contribution in [2.45, 2.75) is 19.0 Å². The van der Waals surface area contributed by atoms with Gasteiger partial charge in [-0.25, -0.2) is 9.78 Å². The standard InChI is InChI=1S/C16H20N4O2S/c1-22-14-5-3-2-4-13(14)15-18-8-12(23-15)9-19-16(21)20-7-6-11(17)10-20/h2-5,8,11H,6-7,9-10,17H2,1H3,(H,19,21)/t11-/m1/s1. The second-order valence-electron chi connectivity index (χ2n) is 5.49. The summed E-state index contributed by atoms with van der Waals surface area (Å²) in [6.45, 7) is 1.82. The summed E-state index contributed by atoms with van der Waals surface area (Å²) in [4.78, 5) is 19.3. The molecule has 1 aromatic heterocycles. The van der Waals surface area contributed by atoms with Gasteiger partial charge in [0.15, 0.2) is 0 Å². The largest absolute Gasteiger partial charge is 0.496 e. The van der Waals surface area contributed by atoms with Crippen LogP contribution in [-0.2, 0) is 6.54 Å². The van der Waals surface area contributed by atoms with Gasteiger partial charge in [0.05, 0.1) is 19.2 Å². The second kappa shape index (κ2) is 6.97. The zero-order valence-electron chi connectivity index (χ0n) is 13.0. The summed E-state index contributed by atoms with van der Waals surface area (Å²) in [6.07, 6.45) is 2.66. The first-order valence-corrected chi connectivity index (χ1v) is 8.35. The van der Waals surface area contributed by atoms with Crippen LogP contribution < -0.4 is 15.8 Å². The Labute approximate surface area is 139 Å². The summed E-state index contributed by atoms with van der Waals surface area (Å²) in [7, 11) is 1.65. The molecule has 0 unspecified atom stereocenters. The van der Waals surface area contributed by atoms with Gasteiger partial charge < -0.3 is 20.7 Å². The number of carbonyl (C=O) groups excluding carboxylic acids is 1. The van der Waals surface area contributed by atoms with Crippen LogP contribution in [0, 0.1) is 0 Å². The summed E-state index contributed by atoms with van der Waals surface area (Å²) in [5, 5.41) is 3.81. The first-order chi connectivity index (χ1) is 11.2. The maximum Gasteiger partial charge on any atom is 0.317 e. The van der Waals surface area contributed by atoms with Gasteiger partial charge in [0.25, 0.3) is 0 Å². The Morgan fingerprint density at radius 2 is 2.35 bits per heavy atom. The molecule has 0 spiro atoms. The molecule has 1 atom stereocenters. The lowest BCUT2D eigenvalue weighted by atomic mass is 10.2. The van der Waals surface area contributed by atoms with Crippen molar-refractivity contribution in [2.75, 3.05) is 20.2 Å². The number of nitrogens with zero attached hydrogens (tertiary/aromatic N) is 2. The van der Waals surface area contributed by atoms with Crippen LogP contribution in [0.1, 0.15) is 11.3 Å². The maximum absolute atomic E-state index is 12.1. The third-order valence-corrected chi connectivity index (χ3v) is 4.85. The van der Waals surface area contributed by atoms with E-state index in [-0.39, 0.29) is 12.1 Å². The van der Waals surface area contributed by atoms with Crippen LogP contribution in [-0.4, -0.2) is 42.2 Å². The molecule has 3 rings (SSSR count). The minimum absolute atomic E-state index is 0.0646. The predicted octanol–water partition coefficient (Wildman–Crippen LogP) is 2.06. The molecule has 1 aliphatic rings. The van der Waals surface area contributed by atoms with Gasteiger partial charge >= 0.3 is 6.03 Å². The topological polar surface area (TPSA) is 80.5 Å². The van der Waals surface area contributed by atoms with Crippen molar-refractivity contribution in [1.29, 1.82) is 0 Å². The Kier molecular flexibility index (Phi) is 4.78. The van der Waals surface area contributed by atoms with Gasteiger partial charge in [-0.1, -0.05) is 12.1 Å². The first-order valence-electron chi connectivity index (χ1n) is 7.54. The average Bonchev–Trinajstić information content (AvgIpc) is 3.21. The molecule has 122 valence electrons. The Morgan fingerprint density at radius 1 is 1.52 bits per heavy atom. The fourth-order valence-electron chi connectivity index (χ4n) is 2.58. The lowest BCUT2D eigenvalue weighted by Crippen LogP contribution is -2.39. The number of nitrogens with two attached hydrogens (primary N) is 1. The number of hydrogen-bond acceptors (Lipinski definition) is 5. The number of amides is 2. The van der Waals surface area contributed by atoms with Crippen molar-refractivity contribution in [3.8, 4) is 16.3 Å². The molecule has 7 heteroatoms. The van der Waals surface area contributed by atoms with Crippen LogP contribution in [0.25, 0.3) is 10.6 Å². The maximum atomic E-state index is 12.1. The van der Waals surface area contributed by atoms with Crippen molar-refractivity contribution < 1.29 is 9.53 Å². The minimum Gasteiger partial charge on any atom is -0.496 e. The highest BCUT2D eigenvalue weighted by molar-refractivity contribution is 7.15. The van der Waals surface area contributed by atoms with Crippen LogP contribution >= 0.6 is 11.3 Å². The van der Waals surface area contributed by atoms with E-state index in [0.717, 1.165) is 34.2 Å². The number of urea groups is 1. The molecule has 6 nitrogen and oxygen atoms in total. The molecule has 1 aromatic carbocycles. The van der Waals surface area contributed by atoms with E-state index in [1.165, 1.54) is 0 Å². The van der Waals surface area contributed by atoms with Gasteiger partial charge in [-0.2, -0.15) is 0 Å². The number of aromatic nitrogens is 1. The SMILES string of the molecule is COc1ccccc1-c1ncc(CNC(=O)N2CC[C@@H](N)C2)s1. The molecule has 1 fully saturated rings. The van der Waals surface area contributed by atoms with Crippen molar-refractivity contribution in [3.63, 3.8) is 0 Å². The summed E-state index contributed by atoms with van der Waals surface area (Å²) in [5.74, 6) is 0.795. The van der Waals surface area contributed by atoms with Gasteiger partial charge in [-0.15, -0.1) is 11.3 Å². The number of carbonyl (C=O) groups is 1. The number of likely N-dealkylation sites (tertiary alicyclic amines) is 1. The molecule has 0 saturated carbocycles. The summed E-state index contributed by atoms with van der Waals surface area (Å²) < 4.78 is 5.36. The number of nitrogens with one attached hydrogen (secondary N) is 1. The number of hydrogen-bond donors (Lipinski definition) is 2. The molecule has 1 aliphatic heterocycles. The lowest BCUT2D eigenvalue weighted by Gasteiger charge is -2.16. The molecule has 0 bridgehead atoms. The number of methoxy groups -OCH3 is 1. The second-order valence-corrected chi connectivity index (χ2v) is 6.60. The molecule has 2 amide bonds. The summed E-state index contributed by atoms with van der Waals surface area (Å²) >= 11 is 1.55. The van der Waals surface area contributed by atoms with Crippen molar-refractivity contribution in [3.05, 3.63) is 35.3 Å². The highest BCUT2D eigenvalue weighted by atomic mass is 32.1. The molecule has 0 aliphatic carbocycles. The first kappa shape index (κ1) is 15.8. The molecule has 2 aromatic rings. The fourth-order valence-corrected chi connectivity index (χ4v) is 3.46. The molecule has 23 heavy (non-hydrogen) atoms. The number of benzene rings is 1. The number of para-hydroxylation sites is 1. The van der Waals surface area contributed by atoms with Gasteiger partial charge in [0.1, 0.15) is 10.8 Å². The number of thiazole rings is 1. The summed E-state index contributed by atoms with van der Waals surface area (Å²) in [6, 6.07) is 7.81. The Balaban J connectivity index is 1.62. The van der Waals surface area contributed by atoms with Crippen molar-refractivity contribution in [1.82, 2.24) is 15.2 Å². The van der Waals surface area contributed by atoms with E-state index in [1.54, 1.807) is 29.5 Å². The monoisotopic (exact) mass is 332 g/mol. The Bertz CT molecular complexity index is 688. The third-order valence-electron chi connectivity index (χ3n) is 3.82. The van der Waals surface area contributed by atoms with E-state index in [4.69, 9.17) is 10.5 Å². The zero-order chi connectivity index (χ0) is 16.2. The number of rotatable bonds is 4. The van der Waals surface area contributed by atoms with Crippen molar-refractivity contribution in [2.24, 2.45) is 5.73 Å². The van der Waals surface area contributed by atoms with Gasteiger partial charge in [-0.05, 0) is 18.6 Å². The minimum atomic E-state index is -0.0646. The highest BCUT2D eigenvalue weighted by Crippen LogP contribution is 2.32. The van der Waals surface area contributed by atoms with Gasteiger partial charge in [-0.3, -0.25) is 0 Å². The molecular formula is C16H20N4O2S. The van der Waals surface area contributed by atoms with Crippen molar-refractivity contribution >= 4 is 17.4 Å². The van der Waals surface area contributed by atoms with Crippen LogP contribution in [0.15, 0.2) is 30.5 Å². The molecule has 2 heterocycles. The van der Waals surface area contributed by atoms with Gasteiger partial charge in [0, 0.05) is 30.2 Å². The molecule has 0 radical (unpaired) electrons. The Morgan fingerprint density at radius 3 is 3.09 bits per heavy atom. The highest BCUT2D eigenvalue weighted by Gasteiger charge is 2.23. The van der Waals surface area contributed by atoms with E-state index in [0.29, 0.717) is 13.1 Å². The quantitative estimate of drug-likeness (QED) is 0.898. The summed E-state index contributed by atoms with van der Waals surface area (Å²) in [5.41, 5.74) is 6.79. The van der Waals surface area contributed by atoms with E-state index in [1.807, 2.05) is 24.3 Å².